The Hall–Kier alpha value is -1.73. The maximum atomic E-state index is 10.0. The molecule has 1 rings (SSSR count). The molecule has 0 saturated heterocycles. The summed E-state index contributed by atoms with van der Waals surface area (Å²) < 4.78 is 4.92. The van der Waals surface area contributed by atoms with Crippen LogP contribution in [0.2, 0.25) is 5.02 Å². The van der Waals surface area contributed by atoms with Gasteiger partial charge in [-0.05, 0) is 12.1 Å². The number of ether oxygens (including phenoxy) is 1. The molecule has 0 bridgehead atoms. The van der Waals surface area contributed by atoms with Gasteiger partial charge in [0, 0.05) is 11.1 Å². The van der Waals surface area contributed by atoms with Crippen molar-refractivity contribution in [1.29, 1.82) is 0 Å². The molecule has 0 spiro atoms. The maximum Gasteiger partial charge on any atom is 0.318 e. The molecule has 2 N–H and O–H groups in total. The van der Waals surface area contributed by atoms with Crippen molar-refractivity contribution in [3.63, 3.8) is 0 Å². The van der Waals surface area contributed by atoms with Gasteiger partial charge in [0.15, 0.2) is 0 Å². The highest BCUT2D eigenvalue weighted by atomic mass is 35.5. The van der Waals surface area contributed by atoms with Crippen LogP contribution in [0, 0.1) is 10.1 Å². The zero-order valence-electron chi connectivity index (χ0n) is 7.71. The minimum Gasteiger partial charge on any atom is -0.494 e. The van der Waals surface area contributed by atoms with Crippen LogP contribution in [0.15, 0.2) is 18.2 Å². The molecule has 0 saturated carbocycles. The average Bonchev–Trinajstić information content (AvgIpc) is 2.16. The molecule has 0 fully saturated rings. The lowest BCUT2D eigenvalue weighted by molar-refractivity contribution is -0.762. The standard InChI is InChI=1S/C7H8ClN3O4/c1-14-7-4-5(8)2-3-6(7)10(9)15-11(12)13/h2-4H,9H2,1H3. The predicted molar refractivity (Wildman–Crippen MR) is 52.7 cm³/mol. The molecule has 0 aliphatic heterocycles. The number of rotatable bonds is 4. The first-order valence-corrected chi connectivity index (χ1v) is 4.13. The first-order valence-electron chi connectivity index (χ1n) is 3.75. The number of hydrogen-bond acceptors (Lipinski definition) is 6. The third kappa shape index (κ3) is 2.86. The van der Waals surface area contributed by atoms with Gasteiger partial charge in [0.1, 0.15) is 11.4 Å². The van der Waals surface area contributed by atoms with Crippen LogP contribution >= 0.6 is 11.6 Å². The Kier molecular flexibility index (Phi) is 3.53. The van der Waals surface area contributed by atoms with E-state index in [9.17, 15) is 10.1 Å². The van der Waals surface area contributed by atoms with Crippen LogP contribution in [0.1, 0.15) is 0 Å². The average molecular weight is 234 g/mol. The number of nitrogens with two attached hydrogens (primary N) is 1. The lowest BCUT2D eigenvalue weighted by Gasteiger charge is -2.16. The Morgan fingerprint density at radius 3 is 2.80 bits per heavy atom. The number of nitrogens with zero attached hydrogens (tertiary/aromatic N) is 2. The summed E-state index contributed by atoms with van der Waals surface area (Å²) in [6.07, 6.45) is 0. The molecule has 1 aromatic rings. The van der Waals surface area contributed by atoms with E-state index in [0.717, 1.165) is 0 Å². The molecule has 7 nitrogen and oxygen atoms in total. The number of hydrogen-bond donors (Lipinski definition) is 1. The minimum absolute atomic E-state index is 0.193. The van der Waals surface area contributed by atoms with Gasteiger partial charge in [0.25, 0.3) is 0 Å². The fourth-order valence-electron chi connectivity index (χ4n) is 0.949. The largest absolute Gasteiger partial charge is 0.494 e. The number of hydrazine groups is 1. The summed E-state index contributed by atoms with van der Waals surface area (Å²) in [6, 6.07) is 4.40. The number of methoxy groups -OCH3 is 1. The van der Waals surface area contributed by atoms with E-state index in [-0.39, 0.29) is 11.4 Å². The molecular weight excluding hydrogens is 226 g/mol. The van der Waals surface area contributed by atoms with Crippen LogP contribution in [0.25, 0.3) is 0 Å². The van der Waals surface area contributed by atoms with Crippen molar-refractivity contribution in [1.82, 2.24) is 0 Å². The molecular formula is C7H8ClN3O4. The number of benzene rings is 1. The van der Waals surface area contributed by atoms with E-state index < -0.39 is 5.09 Å². The molecule has 15 heavy (non-hydrogen) atoms. The van der Waals surface area contributed by atoms with E-state index in [1.807, 2.05) is 0 Å². The maximum absolute atomic E-state index is 10.0. The zero-order valence-corrected chi connectivity index (χ0v) is 8.47. The first kappa shape index (κ1) is 11.3. The van der Waals surface area contributed by atoms with Crippen LogP contribution in [-0.4, -0.2) is 12.2 Å². The van der Waals surface area contributed by atoms with E-state index in [0.29, 0.717) is 10.2 Å². The Morgan fingerprint density at radius 1 is 1.60 bits per heavy atom. The zero-order chi connectivity index (χ0) is 11.4. The van der Waals surface area contributed by atoms with Crippen LogP contribution in [-0.2, 0) is 4.94 Å². The normalized spacial score (nSPS) is 9.53. The molecule has 0 unspecified atom stereocenters. The Morgan fingerprint density at radius 2 is 2.27 bits per heavy atom. The summed E-state index contributed by atoms with van der Waals surface area (Å²) in [5.41, 5.74) is 0.193. The molecule has 82 valence electrons. The second-order valence-corrected chi connectivity index (χ2v) is 2.88. The second kappa shape index (κ2) is 4.67. The van der Waals surface area contributed by atoms with Crippen molar-refractivity contribution >= 4 is 17.3 Å². The molecule has 1 aromatic carbocycles. The Bertz CT molecular complexity index is 373. The third-order valence-electron chi connectivity index (χ3n) is 1.53. The van der Waals surface area contributed by atoms with Crippen LogP contribution in [0.4, 0.5) is 5.69 Å². The first-order chi connectivity index (χ1) is 7.04. The van der Waals surface area contributed by atoms with Crippen molar-refractivity contribution in [2.24, 2.45) is 5.84 Å². The van der Waals surface area contributed by atoms with Crippen molar-refractivity contribution in [2.45, 2.75) is 0 Å². The van der Waals surface area contributed by atoms with Gasteiger partial charge in [-0.25, -0.2) is 5.84 Å². The van der Waals surface area contributed by atoms with Gasteiger partial charge in [0.2, 0.25) is 0 Å². The fraction of sp³-hybridized carbons (Fsp3) is 0.143. The number of anilines is 1. The fourth-order valence-corrected chi connectivity index (χ4v) is 1.11. The molecule has 0 heterocycles. The topological polar surface area (TPSA) is 90.9 Å². The van der Waals surface area contributed by atoms with Crippen molar-refractivity contribution in [3.05, 3.63) is 33.3 Å². The highest BCUT2D eigenvalue weighted by Crippen LogP contribution is 2.29. The lowest BCUT2D eigenvalue weighted by Crippen LogP contribution is -2.33. The van der Waals surface area contributed by atoms with Crippen molar-refractivity contribution < 1.29 is 14.8 Å². The summed E-state index contributed by atoms with van der Waals surface area (Å²) in [5, 5.41) is 9.91. The highest BCUT2D eigenvalue weighted by Gasteiger charge is 2.12. The summed E-state index contributed by atoms with van der Waals surface area (Å²) in [4.78, 5) is 14.1. The molecule has 0 radical (unpaired) electrons. The Balaban J connectivity index is 2.97. The molecule has 0 aliphatic carbocycles. The van der Waals surface area contributed by atoms with Gasteiger partial charge in [-0.2, -0.15) is 4.94 Å². The van der Waals surface area contributed by atoms with E-state index in [2.05, 4.69) is 4.94 Å². The summed E-state index contributed by atoms with van der Waals surface area (Å²) in [5.74, 6) is 5.54. The van der Waals surface area contributed by atoms with Gasteiger partial charge in [-0.1, -0.05) is 11.6 Å². The van der Waals surface area contributed by atoms with E-state index in [1.165, 1.54) is 25.3 Å². The van der Waals surface area contributed by atoms with E-state index in [1.54, 1.807) is 0 Å². The Labute approximate surface area is 90.0 Å². The van der Waals surface area contributed by atoms with Crippen molar-refractivity contribution in [3.8, 4) is 5.75 Å². The van der Waals surface area contributed by atoms with Gasteiger partial charge < -0.3 is 4.74 Å². The lowest BCUT2D eigenvalue weighted by atomic mass is 10.3. The van der Waals surface area contributed by atoms with Gasteiger partial charge in [-0.3, -0.25) is 0 Å². The summed E-state index contributed by atoms with van der Waals surface area (Å²) >= 11 is 5.69. The van der Waals surface area contributed by atoms with Crippen LogP contribution in [0.3, 0.4) is 0 Å². The predicted octanol–water partition coefficient (Wildman–Crippen LogP) is 1.15. The summed E-state index contributed by atoms with van der Waals surface area (Å²) in [7, 11) is 1.38. The minimum atomic E-state index is -1.03. The van der Waals surface area contributed by atoms with E-state index in [4.69, 9.17) is 22.2 Å². The van der Waals surface area contributed by atoms with Gasteiger partial charge in [-0.15, -0.1) is 15.3 Å². The SMILES string of the molecule is COc1cc(Cl)ccc1N(N)O[N+](=O)[O-]. The summed E-state index contributed by atoms with van der Waals surface area (Å²) in [6.45, 7) is 0. The smallest absolute Gasteiger partial charge is 0.318 e. The monoisotopic (exact) mass is 233 g/mol. The molecule has 8 heteroatoms. The molecule has 0 aromatic heterocycles. The van der Waals surface area contributed by atoms with Gasteiger partial charge in [0.05, 0.1) is 7.11 Å². The van der Waals surface area contributed by atoms with Crippen LogP contribution in [0.5, 0.6) is 5.75 Å². The molecule has 0 amide bonds. The highest BCUT2D eigenvalue weighted by molar-refractivity contribution is 6.30. The number of halogens is 1. The van der Waals surface area contributed by atoms with Crippen LogP contribution < -0.4 is 15.8 Å². The van der Waals surface area contributed by atoms with Crippen molar-refractivity contribution in [2.75, 3.05) is 12.3 Å². The molecule has 0 aliphatic rings. The molecule has 0 atom stereocenters. The third-order valence-corrected chi connectivity index (χ3v) is 1.77. The van der Waals surface area contributed by atoms with E-state index >= 15 is 0 Å². The quantitative estimate of drug-likeness (QED) is 0.477. The van der Waals surface area contributed by atoms with Gasteiger partial charge >= 0.3 is 5.09 Å². The second-order valence-electron chi connectivity index (χ2n) is 2.45.